The molecule has 1 atom stereocenters. The van der Waals surface area contributed by atoms with Crippen molar-refractivity contribution in [1.29, 1.82) is 0 Å². The summed E-state index contributed by atoms with van der Waals surface area (Å²) in [4.78, 5) is 19.9. The molecule has 0 radical (unpaired) electrons. The molecule has 1 aromatic carbocycles. The number of rotatable bonds is 3. The van der Waals surface area contributed by atoms with Crippen LogP contribution < -0.4 is 10.5 Å². The third-order valence-electron chi connectivity index (χ3n) is 6.13. The average Bonchev–Trinajstić information content (AvgIpc) is 3.24. The van der Waals surface area contributed by atoms with Crippen LogP contribution in [0, 0.1) is 19.7 Å². The molecule has 3 aromatic heterocycles. The van der Waals surface area contributed by atoms with E-state index in [1.165, 1.54) is 10.5 Å². The topological polar surface area (TPSA) is 64.7 Å². The Labute approximate surface area is 195 Å². The van der Waals surface area contributed by atoms with Crippen molar-refractivity contribution in [2.45, 2.75) is 20.0 Å². The van der Waals surface area contributed by atoms with Gasteiger partial charge >= 0.3 is 0 Å². The smallest absolute Gasteiger partial charge is 0.261 e. The van der Waals surface area contributed by atoms with Crippen LogP contribution in [0.1, 0.15) is 22.9 Å². The molecule has 0 N–H and O–H groups in total. The molecule has 5 rings (SSSR count). The number of ether oxygens (including phenoxy) is 1. The number of benzene rings is 1. The summed E-state index contributed by atoms with van der Waals surface area (Å²) in [5, 5.41) is 4.55. The minimum absolute atomic E-state index is 0.159. The maximum Gasteiger partial charge on any atom is 0.261 e. The molecule has 1 aliphatic rings. The van der Waals surface area contributed by atoms with Crippen LogP contribution in [-0.4, -0.2) is 38.9 Å². The summed E-state index contributed by atoms with van der Waals surface area (Å²) in [6.45, 7) is 5.26. The van der Waals surface area contributed by atoms with E-state index >= 15 is 0 Å². The molecule has 4 aromatic rings. The van der Waals surface area contributed by atoms with Gasteiger partial charge in [-0.15, -0.1) is 0 Å². The van der Waals surface area contributed by atoms with E-state index in [9.17, 15) is 9.18 Å². The van der Waals surface area contributed by atoms with Gasteiger partial charge in [-0.25, -0.2) is 9.37 Å². The van der Waals surface area contributed by atoms with E-state index in [4.69, 9.17) is 16.3 Å². The van der Waals surface area contributed by atoms with Crippen LogP contribution in [0.25, 0.3) is 16.8 Å². The normalized spacial score (nSPS) is 16.5. The molecule has 0 aliphatic carbocycles. The summed E-state index contributed by atoms with van der Waals surface area (Å²) >= 11 is 5.98. The SMILES string of the molecule is Cc1nc2c(-c3ccc(Cl)cc3F)cc(N3CCO[C@@H](c4cnn(C)c4)C3)cn2c(=O)c1C. The fourth-order valence-corrected chi connectivity index (χ4v) is 4.35. The van der Waals surface area contributed by atoms with Crippen molar-refractivity contribution < 1.29 is 9.13 Å². The highest BCUT2D eigenvalue weighted by Crippen LogP contribution is 2.33. The first-order valence-electron chi connectivity index (χ1n) is 10.7. The molecule has 0 saturated carbocycles. The van der Waals surface area contributed by atoms with Crippen LogP contribution in [0.3, 0.4) is 0 Å². The van der Waals surface area contributed by atoms with Crippen LogP contribution in [0.15, 0.2) is 47.7 Å². The van der Waals surface area contributed by atoms with Crippen molar-refractivity contribution in [2.24, 2.45) is 7.05 Å². The Balaban J connectivity index is 1.67. The summed E-state index contributed by atoms with van der Waals surface area (Å²) < 4.78 is 24.2. The minimum atomic E-state index is -0.468. The number of aryl methyl sites for hydroxylation is 2. The fraction of sp³-hybridized carbons (Fsp3) is 0.292. The Hall–Kier alpha value is -3.23. The molecule has 9 heteroatoms. The van der Waals surface area contributed by atoms with E-state index in [0.29, 0.717) is 52.8 Å². The zero-order chi connectivity index (χ0) is 23.3. The van der Waals surface area contributed by atoms with Crippen molar-refractivity contribution in [2.75, 3.05) is 24.6 Å². The van der Waals surface area contributed by atoms with Gasteiger partial charge in [-0.05, 0) is 38.1 Å². The van der Waals surface area contributed by atoms with E-state index in [0.717, 1.165) is 11.3 Å². The summed E-state index contributed by atoms with van der Waals surface area (Å²) in [6.07, 6.45) is 5.35. The second-order valence-electron chi connectivity index (χ2n) is 8.31. The van der Waals surface area contributed by atoms with Gasteiger partial charge in [0.1, 0.15) is 17.6 Å². The highest BCUT2D eigenvalue weighted by atomic mass is 35.5. The van der Waals surface area contributed by atoms with Crippen molar-refractivity contribution in [1.82, 2.24) is 19.2 Å². The summed E-state index contributed by atoms with van der Waals surface area (Å²) in [7, 11) is 1.87. The molecular weight excluding hydrogens is 445 g/mol. The van der Waals surface area contributed by atoms with Gasteiger partial charge in [-0.1, -0.05) is 11.6 Å². The Morgan fingerprint density at radius 2 is 2.00 bits per heavy atom. The van der Waals surface area contributed by atoms with Gasteiger partial charge in [-0.2, -0.15) is 5.10 Å². The van der Waals surface area contributed by atoms with Crippen LogP contribution in [0.4, 0.5) is 10.1 Å². The summed E-state index contributed by atoms with van der Waals surface area (Å²) in [5.41, 5.74) is 4.05. The number of hydrogen-bond acceptors (Lipinski definition) is 5. The number of pyridine rings is 1. The average molecular weight is 468 g/mol. The third-order valence-corrected chi connectivity index (χ3v) is 6.36. The third kappa shape index (κ3) is 3.89. The number of hydrogen-bond donors (Lipinski definition) is 0. The second kappa shape index (κ2) is 8.28. The highest BCUT2D eigenvalue weighted by molar-refractivity contribution is 6.30. The Bertz CT molecular complexity index is 1430. The van der Waals surface area contributed by atoms with Crippen LogP contribution in [0.2, 0.25) is 5.02 Å². The number of halogens is 2. The van der Waals surface area contributed by atoms with E-state index in [1.54, 1.807) is 43.1 Å². The molecule has 0 bridgehead atoms. The molecule has 0 spiro atoms. The first-order chi connectivity index (χ1) is 15.8. The first kappa shape index (κ1) is 21.6. The quantitative estimate of drug-likeness (QED) is 0.454. The number of aromatic nitrogens is 4. The largest absolute Gasteiger partial charge is 0.370 e. The number of nitrogens with zero attached hydrogens (tertiary/aromatic N) is 5. The molecule has 170 valence electrons. The van der Waals surface area contributed by atoms with E-state index in [1.807, 2.05) is 19.3 Å². The Morgan fingerprint density at radius 3 is 2.73 bits per heavy atom. The van der Waals surface area contributed by atoms with Crippen LogP contribution in [0.5, 0.6) is 0 Å². The zero-order valence-corrected chi connectivity index (χ0v) is 19.3. The predicted octanol–water partition coefficient (Wildman–Crippen LogP) is 4.08. The van der Waals surface area contributed by atoms with Gasteiger partial charge in [0.05, 0.1) is 18.5 Å². The molecule has 1 fully saturated rings. The highest BCUT2D eigenvalue weighted by Gasteiger charge is 2.25. The van der Waals surface area contributed by atoms with E-state index in [2.05, 4.69) is 15.0 Å². The maximum atomic E-state index is 15.0. The lowest BCUT2D eigenvalue weighted by Gasteiger charge is -2.34. The molecule has 7 nitrogen and oxygen atoms in total. The molecule has 1 saturated heterocycles. The van der Waals surface area contributed by atoms with Crippen LogP contribution in [-0.2, 0) is 11.8 Å². The monoisotopic (exact) mass is 467 g/mol. The molecular formula is C24H23ClFN5O2. The minimum Gasteiger partial charge on any atom is -0.370 e. The zero-order valence-electron chi connectivity index (χ0n) is 18.5. The molecule has 0 unspecified atom stereocenters. The Morgan fingerprint density at radius 1 is 1.18 bits per heavy atom. The number of morpholine rings is 1. The molecule has 1 aliphatic heterocycles. The second-order valence-corrected chi connectivity index (χ2v) is 8.75. The van der Waals surface area contributed by atoms with Crippen LogP contribution >= 0.6 is 11.6 Å². The van der Waals surface area contributed by atoms with Crippen molar-refractivity contribution in [3.8, 4) is 11.1 Å². The van der Waals surface area contributed by atoms with Crippen molar-refractivity contribution in [3.05, 3.63) is 80.9 Å². The molecule has 4 heterocycles. The van der Waals surface area contributed by atoms with Gasteiger partial charge in [0.2, 0.25) is 0 Å². The lowest BCUT2D eigenvalue weighted by molar-refractivity contribution is 0.0397. The lowest BCUT2D eigenvalue weighted by Crippen LogP contribution is -2.38. The number of anilines is 1. The van der Waals surface area contributed by atoms with Gasteiger partial charge in [0.15, 0.2) is 0 Å². The van der Waals surface area contributed by atoms with E-state index in [-0.39, 0.29) is 11.7 Å². The fourth-order valence-electron chi connectivity index (χ4n) is 4.19. The molecule has 0 amide bonds. The van der Waals surface area contributed by atoms with Gasteiger partial charge in [0.25, 0.3) is 5.56 Å². The standard InChI is InChI=1S/C24H23ClFN5O2/c1-14-15(2)28-23-20(19-5-4-17(25)8-21(19)26)9-18(12-31(23)24(14)32)30-6-7-33-22(13-30)16-10-27-29(3)11-16/h4-5,8-12,22H,6-7,13H2,1-3H3/t22-/m1/s1. The summed E-state index contributed by atoms with van der Waals surface area (Å²) in [6, 6.07) is 6.41. The first-order valence-corrected chi connectivity index (χ1v) is 11.0. The van der Waals surface area contributed by atoms with Crippen molar-refractivity contribution in [3.63, 3.8) is 0 Å². The molecule has 33 heavy (non-hydrogen) atoms. The maximum absolute atomic E-state index is 15.0. The predicted molar refractivity (Wildman–Crippen MR) is 125 cm³/mol. The van der Waals surface area contributed by atoms with Gasteiger partial charge in [-0.3, -0.25) is 13.9 Å². The van der Waals surface area contributed by atoms with Gasteiger partial charge < -0.3 is 9.64 Å². The van der Waals surface area contributed by atoms with Gasteiger partial charge in [0, 0.05) is 65.5 Å². The Kier molecular flexibility index (Phi) is 5.42. The lowest BCUT2D eigenvalue weighted by atomic mass is 10.0. The van der Waals surface area contributed by atoms with E-state index < -0.39 is 5.82 Å². The summed E-state index contributed by atoms with van der Waals surface area (Å²) in [5.74, 6) is -0.468. The number of fused-ring (bicyclic) bond motifs is 1. The van der Waals surface area contributed by atoms with Crippen molar-refractivity contribution >= 4 is 22.9 Å².